The van der Waals surface area contributed by atoms with E-state index in [0.29, 0.717) is 19.6 Å². The summed E-state index contributed by atoms with van der Waals surface area (Å²) >= 11 is 0. The van der Waals surface area contributed by atoms with Crippen LogP contribution in [0.2, 0.25) is 0 Å². The molecule has 1 aromatic carbocycles. The second kappa shape index (κ2) is 15.4. The number of carbonyl (C=O) groups excluding carboxylic acids is 1. The van der Waals surface area contributed by atoms with E-state index in [9.17, 15) is 15.0 Å². The van der Waals surface area contributed by atoms with Crippen molar-refractivity contribution in [3.63, 3.8) is 0 Å². The number of amides is 1. The highest BCUT2D eigenvalue weighted by atomic mass is 16.3. The van der Waals surface area contributed by atoms with Crippen LogP contribution in [0, 0.1) is 6.92 Å². The molecule has 2 fully saturated rings. The van der Waals surface area contributed by atoms with E-state index in [2.05, 4.69) is 54.6 Å². The number of hydrazine groups is 1. The summed E-state index contributed by atoms with van der Waals surface area (Å²) in [4.78, 5) is 16.6. The molecule has 4 atom stereocenters. The number of unbranched alkanes of at least 4 members (excludes halogenated alkanes) is 2. The first-order valence-electron chi connectivity index (χ1n) is 14.2. The summed E-state index contributed by atoms with van der Waals surface area (Å²) in [6, 6.07) is 8.70. The van der Waals surface area contributed by atoms with E-state index in [1.807, 2.05) is 32.6 Å². The molecule has 7 heteroatoms. The number of hydrogen-bond donors (Lipinski definition) is 3. The molecule has 0 spiro atoms. The van der Waals surface area contributed by atoms with Gasteiger partial charge in [0.05, 0.1) is 30.4 Å². The number of hydrogen-bond acceptors (Lipinski definition) is 6. The number of nitrogens with one attached hydrogen (secondary N) is 1. The zero-order valence-electron chi connectivity index (χ0n) is 23.4. The fourth-order valence-electron chi connectivity index (χ4n) is 5.08. The first kappa shape index (κ1) is 30.3. The molecule has 0 bridgehead atoms. The minimum atomic E-state index is -0.820. The van der Waals surface area contributed by atoms with E-state index in [-0.39, 0.29) is 24.5 Å². The van der Waals surface area contributed by atoms with Gasteiger partial charge >= 0.3 is 0 Å². The van der Waals surface area contributed by atoms with Gasteiger partial charge in [0.2, 0.25) is 5.91 Å². The molecule has 4 unspecified atom stereocenters. The van der Waals surface area contributed by atoms with Gasteiger partial charge in [0.15, 0.2) is 0 Å². The molecule has 1 aromatic rings. The van der Waals surface area contributed by atoms with Crippen molar-refractivity contribution >= 4 is 5.91 Å². The van der Waals surface area contributed by atoms with E-state index in [1.165, 1.54) is 17.5 Å². The van der Waals surface area contributed by atoms with Gasteiger partial charge in [-0.2, -0.15) is 0 Å². The Bertz CT molecular complexity index is 813. The lowest BCUT2D eigenvalue weighted by atomic mass is 10.0. The Kier molecular flexibility index (Phi) is 12.9. The van der Waals surface area contributed by atoms with Crippen molar-refractivity contribution in [1.29, 1.82) is 0 Å². The van der Waals surface area contributed by atoms with E-state index < -0.39 is 12.3 Å². The molecule has 7 nitrogen and oxygen atoms in total. The molecule has 36 heavy (non-hydrogen) atoms. The lowest BCUT2D eigenvalue weighted by Gasteiger charge is -2.45. The van der Waals surface area contributed by atoms with Crippen LogP contribution in [-0.2, 0) is 4.79 Å². The predicted octanol–water partition coefficient (Wildman–Crippen LogP) is 4.36. The van der Waals surface area contributed by atoms with Crippen molar-refractivity contribution < 1.29 is 15.0 Å². The van der Waals surface area contributed by atoms with E-state index in [1.54, 1.807) is 4.90 Å². The van der Waals surface area contributed by atoms with Gasteiger partial charge in [-0.25, -0.2) is 5.43 Å². The molecule has 2 saturated heterocycles. The maximum Gasteiger partial charge on any atom is 0.236 e. The quantitative estimate of drug-likeness (QED) is 0.481. The molecular formula is C29H50N4O3. The maximum atomic E-state index is 12.9. The Labute approximate surface area is 219 Å². The summed E-state index contributed by atoms with van der Waals surface area (Å²) in [6.07, 6.45) is 6.90. The Morgan fingerprint density at radius 3 is 2.39 bits per heavy atom. The minimum Gasteiger partial charge on any atom is -0.391 e. The maximum absolute atomic E-state index is 12.9. The largest absolute Gasteiger partial charge is 0.391 e. The second-order valence-electron chi connectivity index (χ2n) is 9.57. The number of likely N-dealkylation sites (tertiary alicyclic amines) is 1. The van der Waals surface area contributed by atoms with E-state index in [0.717, 1.165) is 37.8 Å². The fourth-order valence-corrected chi connectivity index (χ4v) is 5.08. The van der Waals surface area contributed by atoms with Gasteiger partial charge in [-0.1, -0.05) is 83.7 Å². The number of aryl methyl sites for hydroxylation is 1. The molecule has 0 aromatic heterocycles. The Morgan fingerprint density at radius 2 is 1.75 bits per heavy atom. The smallest absolute Gasteiger partial charge is 0.236 e. The van der Waals surface area contributed by atoms with Crippen LogP contribution in [-0.4, -0.2) is 75.5 Å². The average molecular weight is 503 g/mol. The van der Waals surface area contributed by atoms with Crippen LogP contribution in [0.25, 0.3) is 0 Å². The fraction of sp³-hybridized carbons (Fsp3) is 0.690. The van der Waals surface area contributed by atoms with Gasteiger partial charge in [0.1, 0.15) is 6.23 Å². The molecule has 3 heterocycles. The number of β-amino-alcohol motifs (C(OH)–C–C–N with tert-alkyl or cyclic N) is 1. The second-order valence-corrected chi connectivity index (χ2v) is 9.57. The third-order valence-electron chi connectivity index (χ3n) is 6.98. The van der Waals surface area contributed by atoms with Gasteiger partial charge < -0.3 is 20.1 Å². The number of fused-ring (bicyclic) bond motifs is 1. The van der Waals surface area contributed by atoms with Crippen molar-refractivity contribution in [1.82, 2.24) is 20.2 Å². The summed E-state index contributed by atoms with van der Waals surface area (Å²) in [6.45, 7) is 14.2. The highest BCUT2D eigenvalue weighted by molar-refractivity contribution is 5.78. The summed E-state index contributed by atoms with van der Waals surface area (Å²) in [7, 11) is 0. The monoisotopic (exact) mass is 502 g/mol. The van der Waals surface area contributed by atoms with E-state index >= 15 is 0 Å². The highest BCUT2D eigenvalue weighted by Gasteiger charge is 2.41. The molecule has 0 saturated carbocycles. The number of piperidine rings is 1. The zero-order valence-corrected chi connectivity index (χ0v) is 23.4. The van der Waals surface area contributed by atoms with Crippen molar-refractivity contribution in [2.75, 3.05) is 26.2 Å². The van der Waals surface area contributed by atoms with Crippen LogP contribution in [0.5, 0.6) is 0 Å². The summed E-state index contributed by atoms with van der Waals surface area (Å²) in [5, 5.41) is 23.3. The summed E-state index contributed by atoms with van der Waals surface area (Å²) in [5.41, 5.74) is 6.84. The number of aliphatic hydroxyl groups is 2. The zero-order chi connectivity index (χ0) is 26.7. The number of aliphatic hydroxyl groups excluding tert-OH is 2. The molecule has 4 rings (SSSR count). The molecule has 3 aliphatic heterocycles. The van der Waals surface area contributed by atoms with Crippen LogP contribution in [0.3, 0.4) is 0 Å². The van der Waals surface area contributed by atoms with Gasteiger partial charge in [-0.15, -0.1) is 0 Å². The van der Waals surface area contributed by atoms with Gasteiger partial charge in [0, 0.05) is 19.6 Å². The van der Waals surface area contributed by atoms with Crippen molar-refractivity contribution in [2.45, 2.75) is 104 Å². The lowest BCUT2D eigenvalue weighted by molar-refractivity contribution is -0.140. The molecular weight excluding hydrogens is 452 g/mol. The molecule has 204 valence electrons. The highest BCUT2D eigenvalue weighted by Crippen LogP contribution is 2.34. The normalized spacial score (nSPS) is 25.7. The Hall–Kier alpha value is -1.93. The first-order chi connectivity index (χ1) is 17.5. The van der Waals surface area contributed by atoms with Crippen LogP contribution < -0.4 is 5.43 Å². The summed E-state index contributed by atoms with van der Waals surface area (Å²) < 4.78 is 0. The molecule has 3 aliphatic rings. The number of benzene rings is 1. The number of piperazine rings is 1. The van der Waals surface area contributed by atoms with Crippen LogP contribution >= 0.6 is 0 Å². The van der Waals surface area contributed by atoms with Crippen LogP contribution in [0.15, 0.2) is 36.0 Å². The van der Waals surface area contributed by atoms with Crippen molar-refractivity contribution in [3.8, 4) is 0 Å². The third kappa shape index (κ3) is 7.78. The molecule has 0 aliphatic carbocycles. The number of rotatable bonds is 7. The van der Waals surface area contributed by atoms with E-state index in [4.69, 9.17) is 0 Å². The van der Waals surface area contributed by atoms with Crippen LogP contribution in [0.4, 0.5) is 0 Å². The van der Waals surface area contributed by atoms with Gasteiger partial charge in [0.25, 0.3) is 0 Å². The van der Waals surface area contributed by atoms with Crippen LogP contribution in [0.1, 0.15) is 90.3 Å². The minimum absolute atomic E-state index is 0.00908. The first-order valence-corrected chi connectivity index (χ1v) is 14.2. The van der Waals surface area contributed by atoms with Gasteiger partial charge in [-0.3, -0.25) is 9.69 Å². The van der Waals surface area contributed by atoms with Gasteiger partial charge in [-0.05, 0) is 37.8 Å². The SMILES string of the molecule is CC.CC.CCCCCC1CN(CC(=O)N2CCCC(O)C2)C(O)C2=CC(c3ccc(C)cc3)NN21. The third-order valence-corrected chi connectivity index (χ3v) is 6.98. The Balaban J connectivity index is 0.00000109. The van der Waals surface area contributed by atoms with Crippen molar-refractivity contribution in [3.05, 3.63) is 47.2 Å². The number of nitrogens with zero attached hydrogens (tertiary/aromatic N) is 3. The Morgan fingerprint density at radius 1 is 1.06 bits per heavy atom. The molecule has 3 N–H and O–H groups in total. The standard InChI is InChI=1S/C25H38N4O3.2C2H6/c1-3-4-5-7-20-15-28(17-24(31)27-13-6-8-21(30)16-27)25(32)23-14-22(26-29(20)23)19-11-9-18(2)10-12-19;2*1-2/h9-12,14,20-22,25-26,30,32H,3-8,13,15-17H2,1-2H3;2*1-2H3. The lowest BCUT2D eigenvalue weighted by Crippen LogP contribution is -2.60. The average Bonchev–Trinajstić information content (AvgIpc) is 3.36. The van der Waals surface area contributed by atoms with Crippen molar-refractivity contribution in [2.24, 2.45) is 0 Å². The number of carbonyl (C=O) groups is 1. The molecule has 1 amide bonds. The topological polar surface area (TPSA) is 79.3 Å². The predicted molar refractivity (Wildman–Crippen MR) is 147 cm³/mol. The summed E-state index contributed by atoms with van der Waals surface area (Å²) in [5.74, 6) is -0.00908. The molecule has 0 radical (unpaired) electrons.